The Morgan fingerprint density at radius 3 is 2.23 bits per heavy atom. The Balaban J connectivity index is 0.000000199. The SMILES string of the molecule is CC(C)(C)NC(=O)[C@@H]1CN(Cc2cccnc2)CCN1C[C@@H](O)C[C@@H](Cc1ccccc1)C(=O)N[C@H]1c2ccccc2C[C@H]1O.COc1cnc(-n2cnc(C)n2)c2[nH]cc(C(=O)C(=O)N3CCN(C(=O)c4ccccc4)CC3)c12. The van der Waals surface area contributed by atoms with E-state index in [1.165, 1.54) is 35.4 Å². The molecule has 2 aliphatic heterocycles. The zero-order chi connectivity index (χ0) is 56.5. The number of fused-ring (bicyclic) bond motifs is 2. The number of aromatic amines is 1. The highest BCUT2D eigenvalue weighted by Gasteiger charge is 2.38. The number of hydrogen-bond acceptors (Lipinski definition) is 14. The number of Topliss-reactive ketones (excluding diaryl/α,β-unsaturated/α-hetero) is 1. The number of carbonyl (C=O) groups is 5. The first kappa shape index (κ1) is 56.5. The van der Waals surface area contributed by atoms with Crippen molar-refractivity contribution in [3.05, 3.63) is 167 Å². The third-order valence-electron chi connectivity index (χ3n) is 14.7. The Morgan fingerprint density at radius 2 is 1.54 bits per heavy atom. The van der Waals surface area contributed by atoms with Crippen LogP contribution in [0, 0.1) is 12.8 Å². The molecule has 2 saturated heterocycles. The van der Waals surface area contributed by atoms with Crippen LogP contribution < -0.4 is 15.4 Å². The molecule has 0 bridgehead atoms. The minimum absolute atomic E-state index is 0.0712. The molecule has 20 heteroatoms. The van der Waals surface area contributed by atoms with Crippen LogP contribution in [0.3, 0.4) is 0 Å². The summed E-state index contributed by atoms with van der Waals surface area (Å²) in [4.78, 5) is 89.7. The van der Waals surface area contributed by atoms with Crippen molar-refractivity contribution in [3.8, 4) is 11.6 Å². The lowest BCUT2D eigenvalue weighted by Gasteiger charge is -2.42. The fourth-order valence-corrected chi connectivity index (χ4v) is 10.8. The van der Waals surface area contributed by atoms with Crippen LogP contribution in [0.1, 0.15) is 82.0 Å². The van der Waals surface area contributed by atoms with Crippen LogP contribution in [0.5, 0.6) is 5.75 Å². The van der Waals surface area contributed by atoms with Gasteiger partial charge in [-0.2, -0.15) is 5.10 Å². The zero-order valence-corrected chi connectivity index (χ0v) is 45.9. The number of β-amino-alcohol motifs (C(OH)–C–C–N with tert-alkyl or cyclic N) is 1. The van der Waals surface area contributed by atoms with Crippen molar-refractivity contribution in [1.29, 1.82) is 0 Å². The normalized spacial score (nSPS) is 18.4. The number of ketones is 1. The molecule has 3 aliphatic rings. The summed E-state index contributed by atoms with van der Waals surface area (Å²) in [7, 11) is 1.47. The second-order valence-corrected chi connectivity index (χ2v) is 21.7. The van der Waals surface area contributed by atoms with Gasteiger partial charge in [-0.15, -0.1) is 0 Å². The van der Waals surface area contributed by atoms with Gasteiger partial charge in [0.2, 0.25) is 11.8 Å². The van der Waals surface area contributed by atoms with Crippen LogP contribution >= 0.6 is 0 Å². The lowest BCUT2D eigenvalue weighted by molar-refractivity contribution is -0.132. The Labute approximate surface area is 465 Å². The lowest BCUT2D eigenvalue weighted by atomic mass is 9.91. The number of aliphatic hydroxyl groups is 2. The number of benzene rings is 3. The molecule has 20 nitrogen and oxygen atoms in total. The van der Waals surface area contributed by atoms with Crippen LogP contribution in [0.2, 0.25) is 0 Å². The topological polar surface area (TPSA) is 244 Å². The second-order valence-electron chi connectivity index (χ2n) is 21.7. The number of aromatic nitrogens is 6. The van der Waals surface area contributed by atoms with Crippen molar-refractivity contribution in [2.24, 2.45) is 5.92 Å². The third-order valence-corrected chi connectivity index (χ3v) is 14.7. The number of carbonyl (C=O) groups excluding carboxylic acids is 5. The molecule has 5 N–H and O–H groups in total. The number of aliphatic hydroxyl groups excluding tert-OH is 2. The van der Waals surface area contributed by atoms with Gasteiger partial charge >= 0.3 is 0 Å². The van der Waals surface area contributed by atoms with Crippen LogP contribution in [0.4, 0.5) is 0 Å². The van der Waals surface area contributed by atoms with E-state index in [-0.39, 0.29) is 49.3 Å². The molecule has 0 spiro atoms. The van der Waals surface area contributed by atoms with E-state index in [4.69, 9.17) is 4.74 Å². The maximum absolute atomic E-state index is 13.8. The first-order chi connectivity index (χ1) is 38.5. The predicted octanol–water partition coefficient (Wildman–Crippen LogP) is 4.49. The maximum atomic E-state index is 13.8. The van der Waals surface area contributed by atoms with Crippen molar-refractivity contribution >= 4 is 40.3 Å². The van der Waals surface area contributed by atoms with Crippen molar-refractivity contribution in [2.75, 3.05) is 59.5 Å². The minimum Gasteiger partial charge on any atom is -0.494 e. The summed E-state index contributed by atoms with van der Waals surface area (Å²) in [6, 6.07) is 29.6. The number of hydrogen-bond donors (Lipinski definition) is 5. The molecular formula is C60H70N12O8. The van der Waals surface area contributed by atoms with Gasteiger partial charge in [0.25, 0.3) is 17.6 Å². The van der Waals surface area contributed by atoms with Crippen LogP contribution in [-0.4, -0.2) is 172 Å². The van der Waals surface area contributed by atoms with E-state index < -0.39 is 47.4 Å². The molecule has 4 aromatic heterocycles. The number of aryl methyl sites for hydroxylation is 1. The minimum atomic E-state index is -0.833. The van der Waals surface area contributed by atoms with Gasteiger partial charge in [0.05, 0.1) is 48.0 Å². The van der Waals surface area contributed by atoms with Crippen LogP contribution in [-0.2, 0) is 33.8 Å². The number of methoxy groups -OCH3 is 1. The quantitative estimate of drug-likeness (QED) is 0.0662. The number of pyridine rings is 2. The molecule has 10 rings (SSSR count). The summed E-state index contributed by atoms with van der Waals surface area (Å²) in [5.41, 5.74) is 4.96. The maximum Gasteiger partial charge on any atom is 0.295 e. The molecule has 3 aromatic carbocycles. The molecule has 0 saturated carbocycles. The molecule has 418 valence electrons. The Hall–Kier alpha value is -8.17. The van der Waals surface area contributed by atoms with Crippen LogP contribution in [0.15, 0.2) is 128 Å². The summed E-state index contributed by atoms with van der Waals surface area (Å²) < 4.78 is 6.92. The summed E-state index contributed by atoms with van der Waals surface area (Å²) >= 11 is 0. The van der Waals surface area contributed by atoms with Crippen molar-refractivity contribution in [2.45, 2.75) is 83.3 Å². The first-order valence-corrected chi connectivity index (χ1v) is 27.1. The van der Waals surface area contributed by atoms with Gasteiger partial charge in [0.15, 0.2) is 5.82 Å². The van der Waals surface area contributed by atoms with E-state index in [0.717, 1.165) is 28.8 Å². The molecule has 2 fully saturated rings. The number of nitrogens with zero attached hydrogens (tertiary/aromatic N) is 9. The molecule has 0 unspecified atom stereocenters. The highest BCUT2D eigenvalue weighted by molar-refractivity contribution is 6.45. The monoisotopic (exact) mass is 1090 g/mol. The number of rotatable bonds is 16. The predicted molar refractivity (Wildman–Crippen MR) is 300 cm³/mol. The average Bonchev–Trinajstić information content (AvgIpc) is 4.21. The number of H-pyrrole nitrogens is 1. The van der Waals surface area contributed by atoms with Crippen molar-refractivity contribution in [3.63, 3.8) is 0 Å². The molecular weight excluding hydrogens is 1020 g/mol. The van der Waals surface area contributed by atoms with Crippen molar-refractivity contribution in [1.82, 2.24) is 59.9 Å². The molecule has 0 radical (unpaired) electrons. The molecule has 7 aromatic rings. The van der Waals surface area contributed by atoms with E-state index in [0.29, 0.717) is 79.4 Å². The highest BCUT2D eigenvalue weighted by atomic mass is 16.5. The number of amides is 4. The Morgan fingerprint density at radius 1 is 0.838 bits per heavy atom. The van der Waals surface area contributed by atoms with Crippen molar-refractivity contribution < 1.29 is 38.9 Å². The van der Waals surface area contributed by atoms with Gasteiger partial charge in [0.1, 0.15) is 23.9 Å². The fraction of sp³-hybridized carbons (Fsp3) is 0.383. The van der Waals surface area contributed by atoms with E-state index >= 15 is 0 Å². The number of nitrogens with one attached hydrogen (secondary N) is 3. The molecule has 1 aliphatic carbocycles. The summed E-state index contributed by atoms with van der Waals surface area (Å²) in [6.07, 6.45) is 7.75. The van der Waals surface area contributed by atoms with Gasteiger partial charge in [-0.3, -0.25) is 38.8 Å². The van der Waals surface area contributed by atoms with Gasteiger partial charge in [0, 0.05) is 101 Å². The molecule has 5 atom stereocenters. The first-order valence-electron chi connectivity index (χ1n) is 27.1. The van der Waals surface area contributed by atoms with E-state index in [9.17, 15) is 34.2 Å². The number of ether oxygens (including phenoxy) is 1. The van der Waals surface area contributed by atoms with Gasteiger partial charge in [-0.25, -0.2) is 14.6 Å². The number of piperazine rings is 2. The average molecular weight is 1090 g/mol. The summed E-state index contributed by atoms with van der Waals surface area (Å²) in [5.74, 6) is -0.806. The van der Waals surface area contributed by atoms with E-state index in [2.05, 4.69) is 45.5 Å². The molecule has 80 heavy (non-hydrogen) atoms. The largest absolute Gasteiger partial charge is 0.494 e. The van der Waals surface area contributed by atoms with Crippen LogP contribution in [0.25, 0.3) is 16.7 Å². The van der Waals surface area contributed by atoms with Gasteiger partial charge < -0.3 is 40.4 Å². The standard InChI is InChI=1S/C36H47N5O4.C24H23N7O4/c1-36(2,3)39-35(45)31-24-40(22-26-12-9-15-37-21-26)16-17-41(31)23-29(42)19-28(18-25-10-5-4-6-11-25)34(44)38-33-30-14-8-7-13-27(30)20-32(33)43;1-15-27-14-31(28-15)22-20-19(18(35-2)13-26-22)17(12-25-20)21(32)24(34)30-10-8-29(9-11-30)23(33)16-6-4-3-5-7-16/h4-15,21,28-29,31-33,42-43H,16-20,22-24H2,1-3H3,(H,38,44)(H,39,45);3-7,12-14,25H,8-11H2,1-2H3/t28-,29+,31+,32-,33+;/m1./s1. The second kappa shape index (κ2) is 25.3. The Kier molecular flexibility index (Phi) is 17.9. The zero-order valence-electron chi connectivity index (χ0n) is 45.9. The summed E-state index contributed by atoms with van der Waals surface area (Å²) in [6.45, 7) is 11.7. The molecule has 4 amide bonds. The highest BCUT2D eigenvalue weighted by Crippen LogP contribution is 2.34. The smallest absolute Gasteiger partial charge is 0.295 e. The fourth-order valence-electron chi connectivity index (χ4n) is 10.8. The molecule has 6 heterocycles. The lowest BCUT2D eigenvalue weighted by Crippen LogP contribution is -2.61. The van der Waals surface area contributed by atoms with Gasteiger partial charge in [-0.05, 0) is 81.0 Å². The van der Waals surface area contributed by atoms with E-state index in [1.54, 1.807) is 30.2 Å². The third kappa shape index (κ3) is 13.6. The Bertz CT molecular complexity index is 3270. The van der Waals surface area contributed by atoms with E-state index in [1.807, 2.05) is 112 Å². The van der Waals surface area contributed by atoms with Gasteiger partial charge in [-0.1, -0.05) is 78.9 Å². The summed E-state index contributed by atoms with van der Waals surface area (Å²) in [5, 5.41) is 33.2.